The maximum Gasteiger partial charge on any atom is 0.228 e. The first-order valence-corrected chi connectivity index (χ1v) is 19.4. The van der Waals surface area contributed by atoms with Crippen LogP contribution in [-0.4, -0.2) is 43.0 Å². The highest BCUT2D eigenvalue weighted by Gasteiger charge is 2.37. The third-order valence-corrected chi connectivity index (χ3v) is 8.78. The van der Waals surface area contributed by atoms with Crippen LogP contribution in [0.15, 0.2) is 48.6 Å². The lowest BCUT2D eigenvalue weighted by molar-refractivity contribution is -0.140. The van der Waals surface area contributed by atoms with Crippen LogP contribution in [0.25, 0.3) is 0 Å². The van der Waals surface area contributed by atoms with Crippen molar-refractivity contribution in [3.63, 3.8) is 0 Å². The molecule has 0 radical (unpaired) electrons. The Morgan fingerprint density at radius 3 is 1.26 bits per heavy atom. The van der Waals surface area contributed by atoms with E-state index < -0.39 is 17.7 Å². The van der Waals surface area contributed by atoms with Crippen LogP contribution >= 0.6 is 0 Å². The zero-order chi connectivity index (χ0) is 34.8. The van der Waals surface area contributed by atoms with E-state index in [0.717, 1.165) is 83.5 Å². The molecule has 2 unspecified atom stereocenters. The van der Waals surface area contributed by atoms with E-state index in [1.54, 1.807) is 0 Å². The average molecular weight is 655 g/mol. The number of nitrogens with zero attached hydrogens (tertiary/aromatic N) is 1. The summed E-state index contributed by atoms with van der Waals surface area (Å²) in [6.45, 7) is 4.84. The number of amides is 1. The Hall–Kier alpha value is -2.27. The van der Waals surface area contributed by atoms with Crippen molar-refractivity contribution in [2.45, 2.75) is 168 Å². The first-order chi connectivity index (χ1) is 22.8. The zero-order valence-corrected chi connectivity index (χ0v) is 31.2. The normalized spacial score (nSPS) is 13.6. The van der Waals surface area contributed by atoms with Gasteiger partial charge in [-0.15, -0.1) is 0 Å². The molecule has 0 saturated carbocycles. The number of nitrogens with two attached hydrogens (primary N) is 1. The average Bonchev–Trinajstić information content (AvgIpc) is 3.04. The lowest BCUT2D eigenvalue weighted by atomic mass is 9.81. The SMILES string of the molecule is CCCCC/C=C\C/C=C\CCCCCCCC(=O)C(CN(C)C)C(C(N)=O)C(=O)CCCCCCC/C=C\C/C=C\CCCCC. The van der Waals surface area contributed by atoms with Gasteiger partial charge in [0, 0.05) is 25.3 Å². The van der Waals surface area contributed by atoms with E-state index in [0.29, 0.717) is 19.4 Å². The molecule has 5 heteroatoms. The van der Waals surface area contributed by atoms with Crippen molar-refractivity contribution < 1.29 is 14.4 Å². The maximum absolute atomic E-state index is 13.3. The summed E-state index contributed by atoms with van der Waals surface area (Å²) in [6, 6.07) is 0. The monoisotopic (exact) mass is 655 g/mol. The number of hydrogen-bond acceptors (Lipinski definition) is 4. The fourth-order valence-electron chi connectivity index (χ4n) is 5.93. The summed E-state index contributed by atoms with van der Waals surface area (Å²) in [4.78, 5) is 40.8. The van der Waals surface area contributed by atoms with Gasteiger partial charge in [-0.2, -0.15) is 0 Å². The van der Waals surface area contributed by atoms with Crippen molar-refractivity contribution in [3.05, 3.63) is 48.6 Å². The molecule has 0 aliphatic rings. The second-order valence-electron chi connectivity index (χ2n) is 13.6. The zero-order valence-electron chi connectivity index (χ0n) is 31.2. The summed E-state index contributed by atoms with van der Waals surface area (Å²) in [5, 5.41) is 0. The van der Waals surface area contributed by atoms with Crippen LogP contribution in [0.3, 0.4) is 0 Å². The molecular weight excluding hydrogens is 580 g/mol. The molecule has 0 aromatic rings. The van der Waals surface area contributed by atoms with E-state index in [-0.39, 0.29) is 11.6 Å². The van der Waals surface area contributed by atoms with Gasteiger partial charge in [0.15, 0.2) is 0 Å². The molecule has 0 aliphatic heterocycles. The summed E-state index contributed by atoms with van der Waals surface area (Å²) < 4.78 is 0. The van der Waals surface area contributed by atoms with Gasteiger partial charge in [-0.25, -0.2) is 0 Å². The summed E-state index contributed by atoms with van der Waals surface area (Å²) >= 11 is 0. The number of unbranched alkanes of at least 4 members (excludes halogenated alkanes) is 16. The van der Waals surface area contributed by atoms with E-state index in [4.69, 9.17) is 5.73 Å². The van der Waals surface area contributed by atoms with Crippen LogP contribution in [0, 0.1) is 11.8 Å². The Balaban J connectivity index is 4.31. The van der Waals surface area contributed by atoms with E-state index in [1.807, 2.05) is 19.0 Å². The molecular formula is C42H74N2O3. The van der Waals surface area contributed by atoms with E-state index in [2.05, 4.69) is 62.5 Å². The molecule has 270 valence electrons. The molecule has 0 aromatic carbocycles. The topological polar surface area (TPSA) is 80.5 Å². The van der Waals surface area contributed by atoms with Gasteiger partial charge in [-0.05, 0) is 91.1 Å². The summed E-state index contributed by atoms with van der Waals surface area (Å²) in [6.07, 6.45) is 43.5. The van der Waals surface area contributed by atoms with Gasteiger partial charge in [0.2, 0.25) is 5.91 Å². The second-order valence-corrected chi connectivity index (χ2v) is 13.6. The van der Waals surface area contributed by atoms with Crippen molar-refractivity contribution in [2.24, 2.45) is 17.6 Å². The van der Waals surface area contributed by atoms with Crippen molar-refractivity contribution in [1.82, 2.24) is 4.90 Å². The summed E-state index contributed by atoms with van der Waals surface area (Å²) in [7, 11) is 3.75. The molecule has 2 atom stereocenters. The van der Waals surface area contributed by atoms with Crippen molar-refractivity contribution in [2.75, 3.05) is 20.6 Å². The first-order valence-electron chi connectivity index (χ1n) is 19.4. The van der Waals surface area contributed by atoms with Gasteiger partial charge < -0.3 is 10.6 Å². The Bertz CT molecular complexity index is 886. The predicted molar refractivity (Wildman–Crippen MR) is 203 cm³/mol. The van der Waals surface area contributed by atoms with Crippen molar-refractivity contribution in [1.29, 1.82) is 0 Å². The number of carbonyl (C=O) groups is 3. The molecule has 2 N–H and O–H groups in total. The highest BCUT2D eigenvalue weighted by Crippen LogP contribution is 2.22. The fraction of sp³-hybridized carbons (Fsp3) is 0.738. The molecule has 5 nitrogen and oxygen atoms in total. The van der Waals surface area contributed by atoms with E-state index in [1.165, 1.54) is 57.8 Å². The van der Waals surface area contributed by atoms with Gasteiger partial charge in [0.1, 0.15) is 17.5 Å². The third-order valence-electron chi connectivity index (χ3n) is 8.78. The van der Waals surface area contributed by atoms with Gasteiger partial charge in [0.25, 0.3) is 0 Å². The fourth-order valence-corrected chi connectivity index (χ4v) is 5.93. The first kappa shape index (κ1) is 44.7. The smallest absolute Gasteiger partial charge is 0.228 e. The number of hydrogen-bond donors (Lipinski definition) is 1. The minimum Gasteiger partial charge on any atom is -0.369 e. The molecule has 0 saturated heterocycles. The van der Waals surface area contributed by atoms with Gasteiger partial charge in [0.05, 0.1) is 0 Å². The third kappa shape index (κ3) is 28.5. The Kier molecular flexibility index (Phi) is 32.0. The molecule has 0 aromatic heterocycles. The van der Waals surface area contributed by atoms with Crippen LogP contribution in [0.5, 0.6) is 0 Å². The Morgan fingerprint density at radius 2 is 0.872 bits per heavy atom. The minimum absolute atomic E-state index is 0.00145. The minimum atomic E-state index is -1.02. The van der Waals surface area contributed by atoms with Gasteiger partial charge >= 0.3 is 0 Å². The highest BCUT2D eigenvalue weighted by molar-refractivity contribution is 6.05. The molecule has 47 heavy (non-hydrogen) atoms. The highest BCUT2D eigenvalue weighted by atomic mass is 16.2. The van der Waals surface area contributed by atoms with E-state index >= 15 is 0 Å². The maximum atomic E-state index is 13.3. The standard InChI is InChI=1S/C42H74N2O3/c1-5-7-9-11-13-15-17-19-21-23-25-27-29-31-33-35-39(45)38(37-44(3)4)41(42(43)47)40(46)36-34-32-30-28-26-24-22-20-18-16-14-12-10-8-6-2/h13-16,19-22,38,41H,5-12,17-18,23-37H2,1-4H3,(H2,43,47)/b15-13-,16-14-,21-19-,22-20-. The van der Waals surface area contributed by atoms with Crippen LogP contribution in [-0.2, 0) is 14.4 Å². The summed E-state index contributed by atoms with van der Waals surface area (Å²) in [5.41, 5.74) is 5.74. The lowest BCUT2D eigenvalue weighted by Gasteiger charge is -2.25. The lowest BCUT2D eigenvalue weighted by Crippen LogP contribution is -2.44. The van der Waals surface area contributed by atoms with Crippen LogP contribution in [0.1, 0.15) is 168 Å². The quantitative estimate of drug-likeness (QED) is 0.0425. The molecule has 1 amide bonds. The number of Topliss-reactive ketones (excluding diaryl/α,β-unsaturated/α-hetero) is 2. The van der Waals surface area contributed by atoms with Gasteiger partial charge in [-0.1, -0.05) is 127 Å². The number of allylic oxidation sites excluding steroid dienone is 8. The molecule has 0 rings (SSSR count). The second kappa shape index (κ2) is 33.6. The molecule has 0 heterocycles. The number of rotatable bonds is 34. The molecule has 0 spiro atoms. The molecule has 0 fully saturated rings. The predicted octanol–water partition coefficient (Wildman–Crippen LogP) is 11.0. The van der Waals surface area contributed by atoms with Crippen molar-refractivity contribution in [3.8, 4) is 0 Å². The number of carbonyl (C=O) groups excluding carboxylic acids is 3. The van der Waals surface area contributed by atoms with E-state index in [9.17, 15) is 14.4 Å². The molecule has 0 bridgehead atoms. The number of ketones is 2. The van der Waals surface area contributed by atoms with Gasteiger partial charge in [-0.3, -0.25) is 14.4 Å². The van der Waals surface area contributed by atoms with Crippen LogP contribution in [0.4, 0.5) is 0 Å². The Labute approximate surface area is 291 Å². The largest absolute Gasteiger partial charge is 0.369 e. The van der Waals surface area contributed by atoms with Crippen LogP contribution in [0.2, 0.25) is 0 Å². The summed E-state index contributed by atoms with van der Waals surface area (Å²) in [5.74, 6) is -2.49. The molecule has 0 aliphatic carbocycles. The number of primary amides is 1. The van der Waals surface area contributed by atoms with Crippen LogP contribution < -0.4 is 5.73 Å². The Morgan fingerprint density at radius 1 is 0.511 bits per heavy atom. The van der Waals surface area contributed by atoms with Crippen molar-refractivity contribution >= 4 is 17.5 Å².